The van der Waals surface area contributed by atoms with Crippen LogP contribution in [0.4, 0.5) is 0 Å². The molecule has 0 aliphatic carbocycles. The van der Waals surface area contributed by atoms with Crippen LogP contribution in [-0.4, -0.2) is 26.5 Å². The number of benzene rings is 1. The topological polar surface area (TPSA) is 62.7 Å². The molecule has 1 amide bonds. The molecule has 3 aromatic rings. The lowest BCUT2D eigenvalue weighted by Gasteiger charge is -2.24. The van der Waals surface area contributed by atoms with Gasteiger partial charge in [0.2, 0.25) is 0 Å². The van der Waals surface area contributed by atoms with Gasteiger partial charge in [-0.05, 0) is 30.0 Å². The minimum atomic E-state index is -0.0138. The highest BCUT2D eigenvalue weighted by Gasteiger charge is 2.20. The fraction of sp³-hybridized carbons (Fsp3) is 0.250. The minimum absolute atomic E-state index is 0.0138. The van der Waals surface area contributed by atoms with Gasteiger partial charge in [-0.15, -0.1) is 0 Å². The van der Waals surface area contributed by atoms with Crippen molar-refractivity contribution in [1.82, 2.24) is 19.9 Å². The molecule has 5 heteroatoms. The molecule has 0 fully saturated rings. The van der Waals surface area contributed by atoms with Gasteiger partial charge in [0.1, 0.15) is 5.82 Å². The number of carbonyl (C=O) groups excluding carboxylic acids is 1. The van der Waals surface area contributed by atoms with E-state index in [0.29, 0.717) is 5.56 Å². The number of nitrogens with one attached hydrogen (secondary N) is 2. The van der Waals surface area contributed by atoms with Crippen LogP contribution in [0.3, 0.4) is 0 Å². The molecule has 0 bridgehead atoms. The number of aromatic amines is 1. The monoisotopic (exact) mass is 280 g/mol. The second-order valence-electron chi connectivity index (χ2n) is 5.48. The maximum Gasteiger partial charge on any atom is 0.251 e. The van der Waals surface area contributed by atoms with E-state index < -0.39 is 0 Å². The van der Waals surface area contributed by atoms with Gasteiger partial charge >= 0.3 is 0 Å². The summed E-state index contributed by atoms with van der Waals surface area (Å²) in [5, 5.41) is 4.24. The van der Waals surface area contributed by atoms with Crippen LogP contribution in [0.5, 0.6) is 0 Å². The van der Waals surface area contributed by atoms with Crippen LogP contribution >= 0.6 is 0 Å². The molecule has 1 aliphatic heterocycles. The Morgan fingerprint density at radius 2 is 2.33 bits per heavy atom. The summed E-state index contributed by atoms with van der Waals surface area (Å²) in [4.78, 5) is 19.8. The van der Waals surface area contributed by atoms with Crippen molar-refractivity contribution < 1.29 is 4.79 Å². The van der Waals surface area contributed by atoms with Crippen LogP contribution in [0.15, 0.2) is 42.9 Å². The normalized spacial score (nSPS) is 17.6. The Labute approximate surface area is 122 Å². The van der Waals surface area contributed by atoms with Crippen molar-refractivity contribution in [2.75, 3.05) is 0 Å². The van der Waals surface area contributed by atoms with E-state index in [4.69, 9.17) is 0 Å². The smallest absolute Gasteiger partial charge is 0.251 e. The summed E-state index contributed by atoms with van der Waals surface area (Å²) in [7, 11) is 0. The van der Waals surface area contributed by atoms with Gasteiger partial charge in [0, 0.05) is 48.7 Å². The zero-order valence-corrected chi connectivity index (χ0v) is 11.5. The average Bonchev–Trinajstić information content (AvgIpc) is 3.14. The third-order valence-corrected chi connectivity index (χ3v) is 4.09. The molecular formula is C16H16N4O. The van der Waals surface area contributed by atoms with E-state index in [1.807, 2.05) is 42.9 Å². The molecule has 2 aromatic heterocycles. The van der Waals surface area contributed by atoms with Gasteiger partial charge in [-0.3, -0.25) is 4.79 Å². The number of aromatic nitrogens is 3. The number of imidazole rings is 1. The summed E-state index contributed by atoms with van der Waals surface area (Å²) >= 11 is 0. The number of fused-ring (bicyclic) bond motifs is 2. The summed E-state index contributed by atoms with van der Waals surface area (Å²) in [5.41, 5.74) is 1.68. The second-order valence-corrected chi connectivity index (χ2v) is 5.48. The first-order valence-corrected chi connectivity index (χ1v) is 7.17. The Morgan fingerprint density at radius 3 is 3.29 bits per heavy atom. The first kappa shape index (κ1) is 12.2. The summed E-state index contributed by atoms with van der Waals surface area (Å²) in [6, 6.07) is 7.90. The predicted octanol–water partition coefficient (Wildman–Crippen LogP) is 2.11. The summed E-state index contributed by atoms with van der Waals surface area (Å²) in [5.74, 6) is 1.09. The Morgan fingerprint density at radius 1 is 1.38 bits per heavy atom. The predicted molar refractivity (Wildman–Crippen MR) is 80.1 cm³/mol. The highest BCUT2D eigenvalue weighted by molar-refractivity contribution is 5.98. The quantitative estimate of drug-likeness (QED) is 0.755. The summed E-state index contributed by atoms with van der Waals surface area (Å²) < 4.78 is 2.11. The molecule has 106 valence electrons. The fourth-order valence-electron chi connectivity index (χ4n) is 2.94. The summed E-state index contributed by atoms with van der Waals surface area (Å²) in [6.45, 7) is 0.797. The van der Waals surface area contributed by atoms with Crippen LogP contribution in [0.2, 0.25) is 0 Å². The first-order valence-electron chi connectivity index (χ1n) is 7.17. The lowest BCUT2D eigenvalue weighted by atomic mass is 10.1. The van der Waals surface area contributed by atoms with E-state index in [0.717, 1.165) is 36.1 Å². The maximum atomic E-state index is 12.4. The van der Waals surface area contributed by atoms with Crippen molar-refractivity contribution in [3.8, 4) is 0 Å². The lowest BCUT2D eigenvalue weighted by molar-refractivity contribution is 0.0927. The van der Waals surface area contributed by atoms with Gasteiger partial charge in [0.05, 0.1) is 0 Å². The highest BCUT2D eigenvalue weighted by atomic mass is 16.1. The number of hydrogen-bond donors (Lipinski definition) is 2. The molecule has 1 aromatic carbocycles. The zero-order chi connectivity index (χ0) is 14.2. The number of aryl methyl sites for hydroxylation is 1. The molecule has 1 aliphatic rings. The van der Waals surface area contributed by atoms with Crippen LogP contribution < -0.4 is 5.32 Å². The number of carbonyl (C=O) groups is 1. The number of amides is 1. The molecule has 5 nitrogen and oxygen atoms in total. The van der Waals surface area contributed by atoms with Gasteiger partial charge in [-0.25, -0.2) is 4.98 Å². The van der Waals surface area contributed by atoms with E-state index in [-0.39, 0.29) is 11.9 Å². The van der Waals surface area contributed by atoms with Gasteiger partial charge in [0.15, 0.2) is 0 Å². The van der Waals surface area contributed by atoms with Crippen molar-refractivity contribution >= 4 is 16.8 Å². The molecule has 1 unspecified atom stereocenters. The number of hydrogen-bond acceptors (Lipinski definition) is 2. The maximum absolute atomic E-state index is 12.4. The van der Waals surface area contributed by atoms with Gasteiger partial charge < -0.3 is 14.9 Å². The third kappa shape index (κ3) is 2.20. The molecule has 0 saturated heterocycles. The minimum Gasteiger partial charge on any atom is -0.361 e. The molecule has 0 saturated carbocycles. The lowest BCUT2D eigenvalue weighted by Crippen LogP contribution is -2.40. The summed E-state index contributed by atoms with van der Waals surface area (Å²) in [6.07, 6.45) is 7.52. The molecule has 4 rings (SSSR count). The molecule has 3 heterocycles. The van der Waals surface area contributed by atoms with Crippen LogP contribution in [0.25, 0.3) is 10.9 Å². The van der Waals surface area contributed by atoms with E-state index >= 15 is 0 Å². The third-order valence-electron chi connectivity index (χ3n) is 4.09. The average molecular weight is 280 g/mol. The van der Waals surface area contributed by atoms with Crippen molar-refractivity contribution in [2.24, 2.45) is 0 Å². The molecule has 2 N–H and O–H groups in total. The Balaban J connectivity index is 1.50. The SMILES string of the molecule is O=C(NC1CCc2nccn2C1)c1ccc2cc[nH]c2c1. The van der Waals surface area contributed by atoms with Crippen LogP contribution in [-0.2, 0) is 13.0 Å². The van der Waals surface area contributed by atoms with Gasteiger partial charge in [-0.1, -0.05) is 6.07 Å². The second kappa shape index (κ2) is 4.77. The molecule has 0 radical (unpaired) electrons. The standard InChI is InChI=1S/C16H16N4O/c21-16(12-2-1-11-5-6-17-14(11)9-12)19-13-3-4-15-18-7-8-20(15)10-13/h1-2,5-9,13,17H,3-4,10H2,(H,19,21). The first-order chi connectivity index (χ1) is 10.3. The van der Waals surface area contributed by atoms with Crippen molar-refractivity contribution in [3.63, 3.8) is 0 Å². The Bertz CT molecular complexity index is 801. The highest BCUT2D eigenvalue weighted by Crippen LogP contribution is 2.16. The van der Waals surface area contributed by atoms with Crippen molar-refractivity contribution in [2.45, 2.75) is 25.4 Å². The molecular weight excluding hydrogens is 264 g/mol. The molecule has 21 heavy (non-hydrogen) atoms. The Kier molecular flexibility index (Phi) is 2.77. The van der Waals surface area contributed by atoms with E-state index in [9.17, 15) is 4.79 Å². The number of H-pyrrole nitrogens is 1. The van der Waals surface area contributed by atoms with E-state index in [1.165, 1.54) is 0 Å². The largest absolute Gasteiger partial charge is 0.361 e. The van der Waals surface area contributed by atoms with Gasteiger partial charge in [0.25, 0.3) is 5.91 Å². The fourth-order valence-corrected chi connectivity index (χ4v) is 2.94. The van der Waals surface area contributed by atoms with E-state index in [1.54, 1.807) is 0 Å². The number of nitrogens with zero attached hydrogens (tertiary/aromatic N) is 2. The zero-order valence-electron chi connectivity index (χ0n) is 11.5. The van der Waals surface area contributed by atoms with Crippen LogP contribution in [0.1, 0.15) is 22.6 Å². The number of rotatable bonds is 2. The Hall–Kier alpha value is -2.56. The molecule has 1 atom stereocenters. The van der Waals surface area contributed by atoms with Gasteiger partial charge in [-0.2, -0.15) is 0 Å². The van der Waals surface area contributed by atoms with Crippen molar-refractivity contribution in [1.29, 1.82) is 0 Å². The van der Waals surface area contributed by atoms with E-state index in [2.05, 4.69) is 19.9 Å². The van der Waals surface area contributed by atoms with Crippen LogP contribution in [0, 0.1) is 0 Å². The van der Waals surface area contributed by atoms with Crippen molar-refractivity contribution in [3.05, 3.63) is 54.2 Å². The molecule has 0 spiro atoms.